The van der Waals surface area contributed by atoms with Gasteiger partial charge in [-0.05, 0) is 11.1 Å². The molecule has 0 aliphatic rings. The number of nitrogens with two attached hydrogens (primary N) is 1. The fourth-order valence-electron chi connectivity index (χ4n) is 2.40. The Balaban J connectivity index is 2.01. The second kappa shape index (κ2) is 9.47. The molecule has 2 amide bonds. The van der Waals surface area contributed by atoms with E-state index in [0.717, 1.165) is 11.1 Å². The molecule has 0 aliphatic heterocycles. The quantitative estimate of drug-likeness (QED) is 0.743. The van der Waals surface area contributed by atoms with Gasteiger partial charge in [0.25, 0.3) is 11.8 Å². The number of nitrogens with zero attached hydrogens (tertiary/aromatic N) is 1. The van der Waals surface area contributed by atoms with Crippen LogP contribution in [0.25, 0.3) is 0 Å². The van der Waals surface area contributed by atoms with Gasteiger partial charge in [-0.1, -0.05) is 60.7 Å². The molecule has 3 N–H and O–H groups in total. The number of quaternary nitrogens is 1. The van der Waals surface area contributed by atoms with Gasteiger partial charge in [0.2, 0.25) is 0 Å². The molecule has 0 heterocycles. The zero-order chi connectivity index (χ0) is 17.2. The number of hydrogen-bond acceptors (Lipinski definition) is 2. The minimum atomic E-state index is -0.0829. The third kappa shape index (κ3) is 5.85. The summed E-state index contributed by atoms with van der Waals surface area (Å²) >= 11 is 0. The second-order valence-electron chi connectivity index (χ2n) is 5.59. The number of amides is 2. The Hall–Kier alpha value is -2.66. The summed E-state index contributed by atoms with van der Waals surface area (Å²) in [6.45, 7) is 1.63. The van der Waals surface area contributed by atoms with E-state index in [2.05, 4.69) is 5.32 Å². The smallest absolute Gasteiger partial charge is 0.278 e. The number of rotatable bonds is 8. The number of benzene rings is 2. The lowest BCUT2D eigenvalue weighted by Crippen LogP contribution is -2.88. The Labute approximate surface area is 142 Å². The molecule has 2 aromatic carbocycles. The summed E-state index contributed by atoms with van der Waals surface area (Å²) in [6, 6.07) is 19.9. The predicted octanol–water partition coefficient (Wildman–Crippen LogP) is 0.525. The molecule has 2 aromatic rings. The van der Waals surface area contributed by atoms with Gasteiger partial charge in [-0.25, -0.2) is 0 Å². The van der Waals surface area contributed by atoms with E-state index < -0.39 is 0 Å². The summed E-state index contributed by atoms with van der Waals surface area (Å²) in [7, 11) is 1.59. The Morgan fingerprint density at radius 2 is 1.38 bits per heavy atom. The van der Waals surface area contributed by atoms with Crippen LogP contribution in [-0.4, -0.2) is 36.9 Å². The summed E-state index contributed by atoms with van der Waals surface area (Å²) in [5.74, 6) is -0.0629. The molecule has 5 nitrogen and oxygen atoms in total. The highest BCUT2D eigenvalue weighted by atomic mass is 16.2. The van der Waals surface area contributed by atoms with Crippen LogP contribution >= 0.6 is 0 Å². The standard InChI is InChI=1S/C19H23N3O2/c1-20-18(23)12-21-13-19(24)22(14-16-8-4-2-5-9-16)15-17-10-6-3-7-11-17/h2-11,21H,12-15H2,1H3,(H,20,23)/p+1. The van der Waals surface area contributed by atoms with E-state index in [9.17, 15) is 9.59 Å². The van der Waals surface area contributed by atoms with E-state index in [4.69, 9.17) is 0 Å². The van der Waals surface area contributed by atoms with Crippen LogP contribution in [0.15, 0.2) is 60.7 Å². The van der Waals surface area contributed by atoms with Crippen LogP contribution < -0.4 is 10.6 Å². The lowest BCUT2D eigenvalue weighted by molar-refractivity contribution is -0.633. The molecule has 0 aromatic heterocycles. The highest BCUT2D eigenvalue weighted by Crippen LogP contribution is 2.10. The summed E-state index contributed by atoms with van der Waals surface area (Å²) < 4.78 is 0. The van der Waals surface area contributed by atoms with Crippen molar-refractivity contribution in [3.05, 3.63) is 71.8 Å². The summed E-state index contributed by atoms with van der Waals surface area (Å²) in [5, 5.41) is 4.28. The normalized spacial score (nSPS) is 10.2. The zero-order valence-electron chi connectivity index (χ0n) is 13.9. The maximum absolute atomic E-state index is 12.6. The molecule has 0 saturated heterocycles. The van der Waals surface area contributed by atoms with Gasteiger partial charge < -0.3 is 15.5 Å². The molecule has 0 aliphatic carbocycles. The number of hydrogen-bond donors (Lipinski definition) is 2. The van der Waals surface area contributed by atoms with Gasteiger partial charge in [-0.15, -0.1) is 0 Å². The number of carbonyl (C=O) groups is 2. The molecule has 126 valence electrons. The van der Waals surface area contributed by atoms with Crippen molar-refractivity contribution in [2.45, 2.75) is 13.1 Å². The third-order valence-electron chi connectivity index (χ3n) is 3.71. The number of likely N-dealkylation sites (N-methyl/N-ethyl adjacent to an activating group) is 1. The maximum atomic E-state index is 12.6. The molecule has 0 bridgehead atoms. The Kier molecular flexibility index (Phi) is 6.98. The first-order chi connectivity index (χ1) is 11.7. The van der Waals surface area contributed by atoms with Crippen LogP contribution in [0.2, 0.25) is 0 Å². The van der Waals surface area contributed by atoms with Crippen molar-refractivity contribution < 1.29 is 14.9 Å². The van der Waals surface area contributed by atoms with Crippen molar-refractivity contribution in [1.82, 2.24) is 10.2 Å². The van der Waals surface area contributed by atoms with Gasteiger partial charge in [0.05, 0.1) is 0 Å². The average molecular weight is 326 g/mol. The van der Waals surface area contributed by atoms with Gasteiger partial charge in [0, 0.05) is 20.1 Å². The Morgan fingerprint density at radius 1 is 0.875 bits per heavy atom. The first kappa shape index (κ1) is 17.7. The van der Waals surface area contributed by atoms with E-state index in [1.165, 1.54) is 0 Å². The first-order valence-corrected chi connectivity index (χ1v) is 8.07. The van der Waals surface area contributed by atoms with Crippen LogP contribution in [0.5, 0.6) is 0 Å². The SMILES string of the molecule is CNC(=O)C[NH2+]CC(=O)N(Cc1ccccc1)Cc1ccccc1. The monoisotopic (exact) mass is 326 g/mol. The fourth-order valence-corrected chi connectivity index (χ4v) is 2.40. The molecular formula is C19H24N3O2+. The van der Waals surface area contributed by atoms with E-state index in [1.807, 2.05) is 65.6 Å². The van der Waals surface area contributed by atoms with Crippen molar-refractivity contribution in [3.63, 3.8) is 0 Å². The molecule has 0 unspecified atom stereocenters. The van der Waals surface area contributed by atoms with Crippen molar-refractivity contribution in [2.75, 3.05) is 20.1 Å². The lowest BCUT2D eigenvalue weighted by Gasteiger charge is -2.22. The van der Waals surface area contributed by atoms with E-state index >= 15 is 0 Å². The van der Waals surface area contributed by atoms with Crippen LogP contribution in [0.4, 0.5) is 0 Å². The van der Waals surface area contributed by atoms with Crippen LogP contribution in [0.3, 0.4) is 0 Å². The number of carbonyl (C=O) groups excluding carboxylic acids is 2. The summed E-state index contributed by atoms with van der Waals surface area (Å²) in [4.78, 5) is 25.7. The van der Waals surface area contributed by atoms with Crippen molar-refractivity contribution >= 4 is 11.8 Å². The minimum absolute atomic E-state index is 0.0200. The Bertz CT molecular complexity index is 603. The first-order valence-electron chi connectivity index (χ1n) is 8.07. The molecular weight excluding hydrogens is 302 g/mol. The number of nitrogens with one attached hydrogen (secondary N) is 1. The molecule has 0 atom stereocenters. The van der Waals surface area contributed by atoms with Crippen molar-refractivity contribution in [2.24, 2.45) is 0 Å². The Morgan fingerprint density at radius 3 is 1.83 bits per heavy atom. The highest BCUT2D eigenvalue weighted by Gasteiger charge is 2.16. The summed E-state index contributed by atoms with van der Waals surface area (Å²) in [5.41, 5.74) is 2.18. The topological polar surface area (TPSA) is 66.0 Å². The van der Waals surface area contributed by atoms with Crippen LogP contribution in [-0.2, 0) is 22.7 Å². The van der Waals surface area contributed by atoms with Crippen LogP contribution in [0, 0.1) is 0 Å². The second-order valence-corrected chi connectivity index (χ2v) is 5.59. The van der Waals surface area contributed by atoms with Gasteiger partial charge in [-0.2, -0.15) is 0 Å². The molecule has 2 rings (SSSR count). The van der Waals surface area contributed by atoms with E-state index in [1.54, 1.807) is 12.4 Å². The molecule has 0 fully saturated rings. The van der Waals surface area contributed by atoms with E-state index in [-0.39, 0.29) is 24.9 Å². The molecule has 0 radical (unpaired) electrons. The largest absolute Gasteiger partial charge is 0.354 e. The molecule has 0 saturated carbocycles. The third-order valence-corrected chi connectivity index (χ3v) is 3.71. The van der Waals surface area contributed by atoms with E-state index in [0.29, 0.717) is 13.1 Å². The van der Waals surface area contributed by atoms with Crippen molar-refractivity contribution in [3.8, 4) is 0 Å². The predicted molar refractivity (Wildman–Crippen MR) is 92.9 cm³/mol. The average Bonchev–Trinajstić information content (AvgIpc) is 2.62. The molecule has 24 heavy (non-hydrogen) atoms. The lowest BCUT2D eigenvalue weighted by atomic mass is 10.1. The summed E-state index contributed by atoms with van der Waals surface area (Å²) in [6.07, 6.45) is 0. The van der Waals surface area contributed by atoms with Gasteiger partial charge in [0.1, 0.15) is 0 Å². The van der Waals surface area contributed by atoms with Crippen LogP contribution in [0.1, 0.15) is 11.1 Å². The van der Waals surface area contributed by atoms with Crippen molar-refractivity contribution in [1.29, 1.82) is 0 Å². The maximum Gasteiger partial charge on any atom is 0.278 e. The molecule has 5 heteroatoms. The van der Waals surface area contributed by atoms with Gasteiger partial charge in [0.15, 0.2) is 13.1 Å². The highest BCUT2D eigenvalue weighted by molar-refractivity contribution is 5.78. The van der Waals surface area contributed by atoms with Gasteiger partial charge in [-0.3, -0.25) is 9.59 Å². The minimum Gasteiger partial charge on any atom is -0.354 e. The zero-order valence-corrected chi connectivity index (χ0v) is 13.9. The fraction of sp³-hybridized carbons (Fsp3) is 0.263. The van der Waals surface area contributed by atoms with Gasteiger partial charge >= 0.3 is 0 Å². The molecule has 0 spiro atoms.